The minimum Gasteiger partial charge on any atom is -0.374 e. The van der Waals surface area contributed by atoms with Crippen LogP contribution in [0.3, 0.4) is 0 Å². The molecule has 1 saturated heterocycles. The molecule has 12 heteroatoms. The second-order valence-electron chi connectivity index (χ2n) is 8.64. The maximum atomic E-state index is 14.2. The van der Waals surface area contributed by atoms with E-state index in [9.17, 15) is 22.5 Å². The third-order valence-corrected chi connectivity index (χ3v) is 9.33. The van der Waals surface area contributed by atoms with E-state index in [-0.39, 0.29) is 38.3 Å². The van der Waals surface area contributed by atoms with E-state index in [4.69, 9.17) is 39.6 Å². The van der Waals surface area contributed by atoms with E-state index in [2.05, 4.69) is 10.5 Å². The molecule has 184 valence electrons. The highest BCUT2D eigenvalue weighted by Gasteiger charge is 2.62. The van der Waals surface area contributed by atoms with Crippen molar-refractivity contribution >= 4 is 56.7 Å². The summed E-state index contributed by atoms with van der Waals surface area (Å²) < 4.78 is 52.6. The molecule has 0 saturated carbocycles. The summed E-state index contributed by atoms with van der Waals surface area (Å²) >= 11 is 17.8. The molecular formula is C22H20Cl3F3N2O3S. The summed E-state index contributed by atoms with van der Waals surface area (Å²) in [5.41, 5.74) is -1.69. The fourth-order valence-corrected chi connectivity index (χ4v) is 6.51. The van der Waals surface area contributed by atoms with Crippen LogP contribution in [0.25, 0.3) is 0 Å². The van der Waals surface area contributed by atoms with Crippen molar-refractivity contribution in [1.82, 2.24) is 5.32 Å². The third-order valence-electron chi connectivity index (χ3n) is 5.90. The Hall–Kier alpha value is -1.65. The van der Waals surface area contributed by atoms with E-state index < -0.39 is 28.5 Å². The van der Waals surface area contributed by atoms with Crippen LogP contribution in [0.2, 0.25) is 15.1 Å². The first-order valence-electron chi connectivity index (χ1n) is 10.1. The second-order valence-corrected chi connectivity index (χ2v) is 12.9. The van der Waals surface area contributed by atoms with Gasteiger partial charge in [-0.05, 0) is 48.6 Å². The maximum Gasteiger partial charge on any atom is 0.435 e. The van der Waals surface area contributed by atoms with Crippen LogP contribution in [0.5, 0.6) is 0 Å². The molecule has 0 spiro atoms. The molecule has 1 fully saturated rings. The molecule has 0 bridgehead atoms. The molecule has 0 radical (unpaired) electrons. The van der Waals surface area contributed by atoms with Gasteiger partial charge in [-0.1, -0.05) is 46.0 Å². The average molecular weight is 556 g/mol. The molecule has 2 heterocycles. The topological polar surface area (TPSA) is 70.9 Å². The summed E-state index contributed by atoms with van der Waals surface area (Å²) in [4.78, 5) is 17.6. The number of hydrogen-bond acceptors (Lipinski definition) is 4. The first kappa shape index (κ1) is 25.4. The van der Waals surface area contributed by atoms with Gasteiger partial charge in [0, 0.05) is 35.1 Å². The van der Waals surface area contributed by atoms with Gasteiger partial charge in [-0.3, -0.25) is 4.79 Å². The van der Waals surface area contributed by atoms with Crippen molar-refractivity contribution in [3.8, 4) is 0 Å². The van der Waals surface area contributed by atoms with Crippen molar-refractivity contribution in [2.45, 2.75) is 31.2 Å². The first-order chi connectivity index (χ1) is 15.7. The van der Waals surface area contributed by atoms with Crippen molar-refractivity contribution < 1.29 is 27.4 Å². The van der Waals surface area contributed by atoms with Crippen LogP contribution in [0.1, 0.15) is 33.5 Å². The number of hydrogen-bond donors (Lipinski definition) is 2. The third kappa shape index (κ3) is 4.60. The van der Waals surface area contributed by atoms with Crippen LogP contribution >= 0.6 is 45.1 Å². The van der Waals surface area contributed by atoms with E-state index in [0.717, 1.165) is 12.1 Å². The lowest BCUT2D eigenvalue weighted by Crippen LogP contribution is -2.50. The van der Waals surface area contributed by atoms with Gasteiger partial charge in [0.15, 0.2) is 0 Å². The van der Waals surface area contributed by atoms with Crippen LogP contribution in [0.4, 0.5) is 13.2 Å². The normalized spacial score (nSPS) is 28.4. The maximum absolute atomic E-state index is 14.2. The highest BCUT2D eigenvalue weighted by atomic mass is 35.5. The number of oxime groups is 1. The van der Waals surface area contributed by atoms with Crippen LogP contribution < -0.4 is 5.32 Å². The second kappa shape index (κ2) is 8.78. The quantitative estimate of drug-likeness (QED) is 0.420. The first-order valence-corrected chi connectivity index (χ1v) is 13.5. The van der Waals surface area contributed by atoms with Gasteiger partial charge in [0.1, 0.15) is 0 Å². The van der Waals surface area contributed by atoms with E-state index in [1.165, 1.54) is 12.1 Å². The van der Waals surface area contributed by atoms with Gasteiger partial charge in [-0.2, -0.15) is 13.2 Å². The summed E-state index contributed by atoms with van der Waals surface area (Å²) in [5, 5.41) is 6.29. The molecule has 0 aromatic heterocycles. The number of benzene rings is 2. The largest absolute Gasteiger partial charge is 0.435 e. The Balaban J connectivity index is 1.58. The fraction of sp³-hybridized carbons (Fsp3) is 0.364. The summed E-state index contributed by atoms with van der Waals surface area (Å²) in [6.45, 7) is 1.69. The van der Waals surface area contributed by atoms with Crippen LogP contribution in [0, 0.1) is 6.92 Å². The predicted molar refractivity (Wildman–Crippen MR) is 130 cm³/mol. The van der Waals surface area contributed by atoms with Gasteiger partial charge < -0.3 is 14.7 Å². The number of halogens is 6. The molecule has 0 aliphatic carbocycles. The van der Waals surface area contributed by atoms with Crippen molar-refractivity contribution in [2.75, 3.05) is 17.8 Å². The zero-order valence-electron chi connectivity index (χ0n) is 18.0. The summed E-state index contributed by atoms with van der Waals surface area (Å²) in [7, 11) is -1.60. The smallest absolute Gasteiger partial charge is 0.374 e. The van der Waals surface area contributed by atoms with Crippen molar-refractivity contribution in [1.29, 1.82) is 0 Å². The van der Waals surface area contributed by atoms with E-state index in [1.54, 1.807) is 19.2 Å². The molecule has 0 unspecified atom stereocenters. The van der Waals surface area contributed by atoms with Gasteiger partial charge in [0.25, 0.3) is 11.5 Å². The predicted octanol–water partition coefficient (Wildman–Crippen LogP) is 6.56. The number of carbonyl (C=O) groups excluding carboxylic acids is 1. The lowest BCUT2D eigenvalue weighted by atomic mass is 9.86. The van der Waals surface area contributed by atoms with Crippen molar-refractivity contribution in [3.63, 3.8) is 0 Å². The zero-order valence-corrected chi connectivity index (χ0v) is 21.1. The standard InChI is InChI=1S/C22H20Cl3F3N2O3S/c1-11-5-12(3-4-15(11)20(31)29-14-9-34(2,32)10-14)18-8-21(33-30-18,22(26,27)28)13-6-16(23)19(25)17(24)7-13/h3-7,14,32H,8-10H2,1-2H3,(H,29,31)/t21-/m0/s1. The van der Waals surface area contributed by atoms with E-state index >= 15 is 0 Å². The SMILES string of the molecule is Cc1cc(C2=NO[C@@](c3cc(Cl)c(Cl)c(Cl)c3)(C(F)(F)F)C2)ccc1C(=O)NC1CS(C)(O)C1. The molecule has 34 heavy (non-hydrogen) atoms. The molecular weight excluding hydrogens is 536 g/mol. The molecule has 1 atom stereocenters. The molecule has 2 aliphatic rings. The summed E-state index contributed by atoms with van der Waals surface area (Å²) in [5.74, 6) is 0.786. The Bertz CT molecular complexity index is 1170. The Morgan fingerprint density at radius 2 is 1.82 bits per heavy atom. The van der Waals surface area contributed by atoms with Gasteiger partial charge in [-0.25, -0.2) is 0 Å². The van der Waals surface area contributed by atoms with Crippen LogP contribution in [-0.2, 0) is 10.4 Å². The number of nitrogens with zero attached hydrogens (tertiary/aromatic N) is 1. The Kier molecular flexibility index (Phi) is 6.57. The van der Waals surface area contributed by atoms with Crippen molar-refractivity contribution in [3.05, 3.63) is 67.7 Å². The van der Waals surface area contributed by atoms with Crippen LogP contribution in [-0.4, -0.2) is 46.2 Å². The lowest BCUT2D eigenvalue weighted by Gasteiger charge is -2.45. The number of alkyl halides is 3. The highest BCUT2D eigenvalue weighted by molar-refractivity contribution is 8.29. The van der Waals surface area contributed by atoms with Crippen LogP contribution in [0.15, 0.2) is 35.5 Å². The molecule has 2 N–H and O–H groups in total. The Morgan fingerprint density at radius 1 is 1.21 bits per heavy atom. The number of carbonyl (C=O) groups is 1. The minimum absolute atomic E-state index is 0.0556. The molecule has 1 amide bonds. The molecule has 2 aromatic carbocycles. The number of aryl methyl sites for hydroxylation is 1. The van der Waals surface area contributed by atoms with Gasteiger partial charge in [0.2, 0.25) is 0 Å². The fourth-order valence-electron chi connectivity index (χ4n) is 4.11. The minimum atomic E-state index is -4.83. The van der Waals surface area contributed by atoms with Crippen molar-refractivity contribution in [2.24, 2.45) is 5.16 Å². The lowest BCUT2D eigenvalue weighted by molar-refractivity contribution is -0.275. The van der Waals surface area contributed by atoms with E-state index in [0.29, 0.717) is 28.2 Å². The molecule has 2 aromatic rings. The number of nitrogens with one attached hydrogen (secondary N) is 1. The van der Waals surface area contributed by atoms with E-state index in [1.807, 2.05) is 0 Å². The number of rotatable bonds is 4. The van der Waals surface area contributed by atoms with Gasteiger partial charge in [-0.15, -0.1) is 10.3 Å². The summed E-state index contributed by atoms with van der Waals surface area (Å²) in [6.07, 6.45) is -3.66. The summed E-state index contributed by atoms with van der Waals surface area (Å²) in [6, 6.07) is 6.71. The molecule has 4 rings (SSSR count). The molecule has 2 aliphatic heterocycles. The molecule has 5 nitrogen and oxygen atoms in total. The van der Waals surface area contributed by atoms with Gasteiger partial charge >= 0.3 is 6.18 Å². The highest BCUT2D eigenvalue weighted by Crippen LogP contribution is 2.51. The monoisotopic (exact) mass is 554 g/mol. The van der Waals surface area contributed by atoms with Gasteiger partial charge in [0.05, 0.1) is 20.8 Å². The average Bonchev–Trinajstić information content (AvgIpc) is 3.17. The Morgan fingerprint density at radius 3 is 2.35 bits per heavy atom. The Labute approximate surface area is 210 Å². The number of amides is 1. The zero-order chi connectivity index (χ0) is 25.1.